The highest BCUT2D eigenvalue weighted by atomic mass is 16.5. The van der Waals surface area contributed by atoms with E-state index in [1.54, 1.807) is 36.4 Å². The van der Waals surface area contributed by atoms with Crippen LogP contribution in [0.15, 0.2) is 88.8 Å². The summed E-state index contributed by atoms with van der Waals surface area (Å²) in [5.74, 6) is 2.06. The van der Waals surface area contributed by atoms with Gasteiger partial charge in [0.1, 0.15) is 17.2 Å². The molecule has 5 rings (SSSR count). The van der Waals surface area contributed by atoms with E-state index in [1.165, 1.54) is 10.9 Å². The molecule has 8 heteroatoms. The van der Waals surface area contributed by atoms with E-state index in [0.717, 1.165) is 22.4 Å². The lowest BCUT2D eigenvalue weighted by molar-refractivity contribution is 0.103. The number of carbonyl (C=O) groups is 1. The predicted molar refractivity (Wildman–Crippen MR) is 183 cm³/mol. The molecule has 4 aromatic carbocycles. The first-order chi connectivity index (χ1) is 22.3. The van der Waals surface area contributed by atoms with Gasteiger partial charge in [0.2, 0.25) is 0 Å². The van der Waals surface area contributed by atoms with E-state index in [0.29, 0.717) is 64.7 Å². The first-order valence-electron chi connectivity index (χ1n) is 15.6. The summed E-state index contributed by atoms with van der Waals surface area (Å²) in [4.78, 5) is 32.6. The van der Waals surface area contributed by atoms with Crippen molar-refractivity contribution in [1.82, 2.24) is 9.66 Å². The molecule has 0 aliphatic heterocycles. The van der Waals surface area contributed by atoms with Crippen molar-refractivity contribution in [3.8, 4) is 28.6 Å². The number of nitrogens with zero attached hydrogens (tertiary/aromatic N) is 3. The Labute approximate surface area is 269 Å². The Morgan fingerprint density at radius 1 is 0.848 bits per heavy atom. The Bertz CT molecular complexity index is 1960. The Balaban J connectivity index is 1.73. The van der Waals surface area contributed by atoms with Crippen molar-refractivity contribution in [2.45, 2.75) is 47.5 Å². The van der Waals surface area contributed by atoms with Crippen LogP contribution >= 0.6 is 0 Å². The van der Waals surface area contributed by atoms with Gasteiger partial charge in [-0.3, -0.25) is 9.59 Å². The molecule has 0 atom stereocenters. The Morgan fingerprint density at radius 2 is 1.50 bits per heavy atom. The highest BCUT2D eigenvalue weighted by Gasteiger charge is 2.21. The van der Waals surface area contributed by atoms with E-state index >= 15 is 0 Å². The minimum Gasteiger partial charge on any atom is -0.494 e. The highest BCUT2D eigenvalue weighted by molar-refractivity contribution is 6.11. The number of hydrogen-bond acceptors (Lipinski definition) is 7. The molecule has 0 aliphatic carbocycles. The van der Waals surface area contributed by atoms with Crippen LogP contribution in [0.25, 0.3) is 22.3 Å². The maximum absolute atomic E-state index is 14.0. The number of benzene rings is 4. The van der Waals surface area contributed by atoms with Gasteiger partial charge >= 0.3 is 0 Å². The molecule has 46 heavy (non-hydrogen) atoms. The van der Waals surface area contributed by atoms with Gasteiger partial charge in [-0.25, -0.2) is 4.98 Å². The Kier molecular flexibility index (Phi) is 9.96. The van der Waals surface area contributed by atoms with Crippen LogP contribution < -0.4 is 19.8 Å². The lowest BCUT2D eigenvalue weighted by atomic mass is 9.96. The van der Waals surface area contributed by atoms with E-state index in [4.69, 9.17) is 24.3 Å². The summed E-state index contributed by atoms with van der Waals surface area (Å²) < 4.78 is 19.1. The summed E-state index contributed by atoms with van der Waals surface area (Å²) in [7, 11) is 0. The van der Waals surface area contributed by atoms with Crippen LogP contribution in [0.2, 0.25) is 0 Å². The minimum absolute atomic E-state index is 0.170. The van der Waals surface area contributed by atoms with Gasteiger partial charge in [0.25, 0.3) is 5.56 Å². The summed E-state index contributed by atoms with van der Waals surface area (Å²) in [5.41, 5.74) is 4.33. The van der Waals surface area contributed by atoms with Crippen LogP contribution in [0.3, 0.4) is 0 Å². The van der Waals surface area contributed by atoms with Crippen molar-refractivity contribution in [2.75, 3.05) is 19.8 Å². The smallest absolute Gasteiger partial charge is 0.282 e. The van der Waals surface area contributed by atoms with Crippen molar-refractivity contribution in [1.29, 1.82) is 0 Å². The molecule has 1 aromatic heterocycles. The lowest BCUT2D eigenvalue weighted by Crippen LogP contribution is -2.21. The number of aryl methyl sites for hydroxylation is 1. The molecule has 1 heterocycles. The fourth-order valence-electron chi connectivity index (χ4n) is 5.35. The third kappa shape index (κ3) is 6.56. The van der Waals surface area contributed by atoms with Crippen molar-refractivity contribution in [3.63, 3.8) is 0 Å². The second-order valence-corrected chi connectivity index (χ2v) is 11.1. The topological polar surface area (TPSA) is 92.0 Å². The number of ether oxygens (including phenoxy) is 3. The Hall–Kier alpha value is -5.24. The van der Waals surface area contributed by atoms with Gasteiger partial charge in [-0.05, 0) is 75.1 Å². The molecule has 0 spiro atoms. The van der Waals surface area contributed by atoms with E-state index in [2.05, 4.69) is 13.8 Å². The van der Waals surface area contributed by atoms with Crippen LogP contribution in [0, 0.1) is 6.92 Å². The number of para-hydroxylation sites is 1. The van der Waals surface area contributed by atoms with Crippen LogP contribution in [0.5, 0.6) is 17.2 Å². The normalized spacial score (nSPS) is 11.4. The third-order valence-electron chi connectivity index (χ3n) is 7.58. The predicted octanol–water partition coefficient (Wildman–Crippen LogP) is 7.80. The fraction of sp³-hybridized carbons (Fsp3) is 0.263. The van der Waals surface area contributed by atoms with Crippen molar-refractivity contribution in [3.05, 3.63) is 117 Å². The number of fused-ring (bicyclic) bond motifs is 1. The fourth-order valence-corrected chi connectivity index (χ4v) is 5.35. The quantitative estimate of drug-likeness (QED) is 0.105. The van der Waals surface area contributed by atoms with Gasteiger partial charge in [-0.15, -0.1) is 0 Å². The molecule has 0 N–H and O–H groups in total. The average molecular weight is 618 g/mol. The van der Waals surface area contributed by atoms with Gasteiger partial charge in [-0.1, -0.05) is 56.3 Å². The van der Waals surface area contributed by atoms with E-state index in [1.807, 2.05) is 70.2 Å². The molecule has 0 aliphatic rings. The summed E-state index contributed by atoms with van der Waals surface area (Å²) in [6.45, 7) is 13.2. The second kappa shape index (κ2) is 14.2. The number of ketones is 1. The van der Waals surface area contributed by atoms with E-state index in [-0.39, 0.29) is 17.3 Å². The van der Waals surface area contributed by atoms with Gasteiger partial charge in [0, 0.05) is 22.8 Å². The second-order valence-electron chi connectivity index (χ2n) is 11.1. The van der Waals surface area contributed by atoms with Gasteiger partial charge < -0.3 is 14.2 Å². The molecule has 0 bridgehead atoms. The van der Waals surface area contributed by atoms with Crippen LogP contribution in [0.4, 0.5) is 0 Å². The molecular weight excluding hydrogens is 578 g/mol. The molecule has 236 valence electrons. The largest absolute Gasteiger partial charge is 0.494 e. The number of rotatable bonds is 12. The van der Waals surface area contributed by atoms with E-state index in [9.17, 15) is 9.59 Å². The molecule has 5 aromatic rings. The monoisotopic (exact) mass is 617 g/mol. The molecular formula is C38H39N3O5. The first-order valence-corrected chi connectivity index (χ1v) is 15.6. The minimum atomic E-state index is -0.319. The van der Waals surface area contributed by atoms with Crippen LogP contribution in [-0.4, -0.2) is 41.5 Å². The van der Waals surface area contributed by atoms with E-state index < -0.39 is 0 Å². The first kappa shape index (κ1) is 32.2. The lowest BCUT2D eigenvalue weighted by Gasteiger charge is -2.18. The van der Waals surface area contributed by atoms with Crippen LogP contribution in [-0.2, 0) is 0 Å². The zero-order valence-electron chi connectivity index (χ0n) is 27.2. The van der Waals surface area contributed by atoms with Crippen molar-refractivity contribution < 1.29 is 19.0 Å². The summed E-state index contributed by atoms with van der Waals surface area (Å²) >= 11 is 0. The molecule has 0 saturated carbocycles. The van der Waals surface area contributed by atoms with Gasteiger partial charge in [0.05, 0.1) is 42.5 Å². The molecule has 8 nitrogen and oxygen atoms in total. The zero-order chi connectivity index (χ0) is 32.8. The SMILES string of the molecule is CCOc1cc(OCC)c(C(=O)c2ccccc2)cc1C=Nn1c(-c2cc(C(C)C)c(OCC)cc2C)nc2ccccc2c1=O. The van der Waals surface area contributed by atoms with Gasteiger partial charge in [-0.2, -0.15) is 9.78 Å². The standard InChI is InChI=1S/C38H39N3O5/c1-7-44-33-22-35(46-9-3)31(36(42)26-15-11-10-12-16-26)20-27(33)23-39-41-37(40-32-18-14-13-17-28(32)38(41)43)30-21-29(24(4)5)34(45-8-2)19-25(30)6/h10-24H,7-9H2,1-6H3. The molecule has 0 radical (unpaired) electrons. The molecule has 0 saturated heterocycles. The summed E-state index contributed by atoms with van der Waals surface area (Å²) in [5, 5.41) is 5.16. The molecule has 0 unspecified atom stereocenters. The Morgan fingerprint density at radius 3 is 2.20 bits per heavy atom. The van der Waals surface area contributed by atoms with Gasteiger partial charge in [0.15, 0.2) is 11.6 Å². The van der Waals surface area contributed by atoms with Crippen LogP contribution in [0.1, 0.15) is 73.1 Å². The average Bonchev–Trinajstić information content (AvgIpc) is 3.05. The zero-order valence-corrected chi connectivity index (χ0v) is 27.2. The number of carbonyl (C=O) groups excluding carboxylic acids is 1. The summed E-state index contributed by atoms with van der Waals surface area (Å²) in [6, 6.07) is 23.7. The number of aromatic nitrogens is 2. The molecule has 0 amide bonds. The van der Waals surface area contributed by atoms with Crippen molar-refractivity contribution >= 4 is 22.9 Å². The maximum atomic E-state index is 14.0. The maximum Gasteiger partial charge on any atom is 0.282 e. The summed E-state index contributed by atoms with van der Waals surface area (Å²) in [6.07, 6.45) is 1.54. The third-order valence-corrected chi connectivity index (χ3v) is 7.58. The molecule has 0 fully saturated rings. The number of hydrogen-bond donors (Lipinski definition) is 0. The van der Waals surface area contributed by atoms with Crippen molar-refractivity contribution in [2.24, 2.45) is 5.10 Å². The highest BCUT2D eigenvalue weighted by Crippen LogP contribution is 2.35.